The third-order valence-electron chi connectivity index (χ3n) is 4.91. The molecule has 0 aromatic heterocycles. The van der Waals surface area contributed by atoms with Gasteiger partial charge in [0, 0.05) is 11.8 Å². The number of carbonyl (C=O) groups is 1. The number of nitrogens with one attached hydrogen (secondary N) is 1. The summed E-state index contributed by atoms with van der Waals surface area (Å²) in [5.74, 6) is -1.42. The predicted octanol–water partition coefficient (Wildman–Crippen LogP) is 3.99. The summed E-state index contributed by atoms with van der Waals surface area (Å²) >= 11 is 0. The fourth-order valence-corrected chi connectivity index (χ4v) is 3.97. The summed E-state index contributed by atoms with van der Waals surface area (Å²) in [7, 11) is 0. The lowest BCUT2D eigenvalue weighted by Crippen LogP contribution is -2.38. The minimum Gasteiger partial charge on any atom is -0.349 e. The van der Waals surface area contributed by atoms with Crippen LogP contribution in [0.1, 0.15) is 43.7 Å². The number of benzene rings is 1. The molecule has 21 heavy (non-hydrogen) atoms. The number of carbonyl (C=O) groups excluding carboxylic acids is 1. The van der Waals surface area contributed by atoms with Gasteiger partial charge < -0.3 is 5.32 Å². The molecule has 0 radical (unpaired) electrons. The van der Waals surface area contributed by atoms with Crippen molar-refractivity contribution in [3.05, 3.63) is 35.9 Å². The van der Waals surface area contributed by atoms with E-state index < -0.39 is 17.5 Å². The van der Waals surface area contributed by atoms with Crippen LogP contribution in [0.2, 0.25) is 0 Å². The highest BCUT2D eigenvalue weighted by Crippen LogP contribution is 2.55. The largest absolute Gasteiger partial charge is 0.391 e. The normalized spacial score (nSPS) is 33.2. The van der Waals surface area contributed by atoms with Gasteiger partial charge in [-0.1, -0.05) is 36.8 Å². The summed E-state index contributed by atoms with van der Waals surface area (Å²) < 4.78 is 39.3. The van der Waals surface area contributed by atoms with E-state index in [1.807, 2.05) is 30.3 Å². The van der Waals surface area contributed by atoms with E-state index in [9.17, 15) is 18.0 Å². The maximum Gasteiger partial charge on any atom is 0.391 e. The molecule has 1 aliphatic heterocycles. The molecule has 5 heteroatoms. The molecule has 1 aromatic rings. The smallest absolute Gasteiger partial charge is 0.349 e. The van der Waals surface area contributed by atoms with Crippen LogP contribution in [0.3, 0.4) is 0 Å². The Morgan fingerprint density at radius 2 is 1.90 bits per heavy atom. The second-order valence-corrected chi connectivity index (χ2v) is 6.29. The van der Waals surface area contributed by atoms with E-state index in [-0.39, 0.29) is 31.2 Å². The van der Waals surface area contributed by atoms with Crippen molar-refractivity contribution in [2.24, 2.45) is 11.3 Å². The second-order valence-electron chi connectivity index (χ2n) is 6.29. The van der Waals surface area contributed by atoms with Crippen molar-refractivity contribution in [2.45, 2.75) is 44.3 Å². The van der Waals surface area contributed by atoms with Crippen molar-refractivity contribution in [1.82, 2.24) is 5.32 Å². The lowest BCUT2D eigenvalue weighted by atomic mass is 9.64. The second kappa shape index (κ2) is 5.04. The van der Waals surface area contributed by atoms with E-state index in [2.05, 4.69) is 5.32 Å². The van der Waals surface area contributed by atoms with Crippen LogP contribution < -0.4 is 5.32 Å². The lowest BCUT2D eigenvalue weighted by molar-refractivity contribution is -0.193. The topological polar surface area (TPSA) is 29.1 Å². The van der Waals surface area contributed by atoms with E-state index in [1.54, 1.807) is 0 Å². The molecule has 2 nitrogen and oxygen atoms in total. The first kappa shape index (κ1) is 14.4. The van der Waals surface area contributed by atoms with Crippen molar-refractivity contribution in [3.8, 4) is 0 Å². The van der Waals surface area contributed by atoms with E-state index in [0.717, 1.165) is 5.56 Å². The molecular weight excluding hydrogens is 279 g/mol. The van der Waals surface area contributed by atoms with Gasteiger partial charge in [-0.25, -0.2) is 0 Å². The maximum absolute atomic E-state index is 13.1. The molecule has 1 amide bonds. The van der Waals surface area contributed by atoms with Crippen molar-refractivity contribution in [2.75, 3.05) is 0 Å². The van der Waals surface area contributed by atoms with Gasteiger partial charge in [-0.15, -0.1) is 0 Å². The van der Waals surface area contributed by atoms with Gasteiger partial charge in [0.1, 0.15) is 0 Å². The van der Waals surface area contributed by atoms with Crippen LogP contribution in [-0.4, -0.2) is 12.1 Å². The molecule has 114 valence electrons. The number of rotatable bonds is 1. The van der Waals surface area contributed by atoms with Crippen LogP contribution in [0.15, 0.2) is 30.3 Å². The van der Waals surface area contributed by atoms with Gasteiger partial charge in [0.15, 0.2) is 0 Å². The van der Waals surface area contributed by atoms with Crippen LogP contribution in [0.5, 0.6) is 0 Å². The molecule has 3 atom stereocenters. The Bertz CT molecular complexity index is 528. The summed E-state index contributed by atoms with van der Waals surface area (Å²) in [5, 5.41) is 2.90. The SMILES string of the molecule is O=C1CC2(CCCC(C(F)(F)F)C2)C(c2ccccc2)N1. The average molecular weight is 297 g/mol. The van der Waals surface area contributed by atoms with Crippen molar-refractivity contribution in [3.63, 3.8) is 0 Å². The Labute approximate surface area is 121 Å². The standard InChI is InChI=1S/C16H18F3NO/c17-16(18,19)12-7-4-8-15(9-12)10-13(21)20-14(15)11-5-2-1-3-6-11/h1-3,5-6,12,14H,4,7-10H2,(H,20,21). The number of amides is 1. The fourth-order valence-electron chi connectivity index (χ4n) is 3.97. The zero-order chi connectivity index (χ0) is 15.1. The monoisotopic (exact) mass is 297 g/mol. The molecule has 3 unspecified atom stereocenters. The number of hydrogen-bond donors (Lipinski definition) is 1. The molecule has 1 aromatic carbocycles. The van der Waals surface area contributed by atoms with Crippen LogP contribution in [0.25, 0.3) is 0 Å². The zero-order valence-corrected chi connectivity index (χ0v) is 11.6. The first-order chi connectivity index (χ1) is 9.91. The fraction of sp³-hybridized carbons (Fsp3) is 0.562. The van der Waals surface area contributed by atoms with Crippen LogP contribution in [0.4, 0.5) is 13.2 Å². The molecule has 1 heterocycles. The lowest BCUT2D eigenvalue weighted by Gasteiger charge is -2.42. The molecule has 2 aliphatic rings. The van der Waals surface area contributed by atoms with Gasteiger partial charge >= 0.3 is 6.18 Å². The van der Waals surface area contributed by atoms with E-state index in [1.165, 1.54) is 0 Å². The van der Waals surface area contributed by atoms with Gasteiger partial charge in [-0.05, 0) is 24.8 Å². The molecule has 1 aliphatic carbocycles. The minimum absolute atomic E-state index is 0.0504. The quantitative estimate of drug-likeness (QED) is 0.834. The van der Waals surface area contributed by atoms with Crippen LogP contribution in [-0.2, 0) is 4.79 Å². The maximum atomic E-state index is 13.1. The summed E-state index contributed by atoms with van der Waals surface area (Å²) in [6.07, 6.45) is -2.52. The van der Waals surface area contributed by atoms with Gasteiger partial charge in [-0.3, -0.25) is 4.79 Å². The number of alkyl halides is 3. The van der Waals surface area contributed by atoms with E-state index in [4.69, 9.17) is 0 Å². The van der Waals surface area contributed by atoms with Gasteiger partial charge in [-0.2, -0.15) is 13.2 Å². The Morgan fingerprint density at radius 3 is 2.57 bits per heavy atom. The molecule has 3 rings (SSSR count). The van der Waals surface area contributed by atoms with Crippen molar-refractivity contribution >= 4 is 5.91 Å². The van der Waals surface area contributed by atoms with Crippen LogP contribution in [0, 0.1) is 11.3 Å². The summed E-state index contributed by atoms with van der Waals surface area (Å²) in [4.78, 5) is 11.9. The molecule has 1 spiro atoms. The first-order valence-electron chi connectivity index (χ1n) is 7.32. The summed E-state index contributed by atoms with van der Waals surface area (Å²) in [6, 6.07) is 9.06. The molecule has 1 saturated heterocycles. The van der Waals surface area contributed by atoms with Gasteiger partial charge in [0.05, 0.1) is 12.0 Å². The third kappa shape index (κ3) is 2.65. The molecule has 2 fully saturated rings. The van der Waals surface area contributed by atoms with Crippen LogP contribution >= 0.6 is 0 Å². The van der Waals surface area contributed by atoms with E-state index >= 15 is 0 Å². The Morgan fingerprint density at radius 1 is 1.19 bits per heavy atom. The molecule has 1 saturated carbocycles. The number of halogens is 3. The summed E-state index contributed by atoms with van der Waals surface area (Å²) in [6.45, 7) is 0. The zero-order valence-electron chi connectivity index (χ0n) is 11.6. The molecule has 0 bridgehead atoms. The highest BCUT2D eigenvalue weighted by molar-refractivity contribution is 5.80. The minimum atomic E-state index is -4.17. The van der Waals surface area contributed by atoms with E-state index in [0.29, 0.717) is 12.8 Å². The average Bonchev–Trinajstić information content (AvgIpc) is 2.75. The highest BCUT2D eigenvalue weighted by atomic mass is 19.4. The third-order valence-corrected chi connectivity index (χ3v) is 4.91. The summed E-state index contributed by atoms with van der Waals surface area (Å²) in [5.41, 5.74) is 0.322. The van der Waals surface area contributed by atoms with Gasteiger partial charge in [0.25, 0.3) is 0 Å². The van der Waals surface area contributed by atoms with Gasteiger partial charge in [0.2, 0.25) is 5.91 Å². The highest BCUT2D eigenvalue weighted by Gasteiger charge is 2.54. The molecular formula is C16H18F3NO. The number of hydrogen-bond acceptors (Lipinski definition) is 1. The van der Waals surface area contributed by atoms with Crippen molar-refractivity contribution in [1.29, 1.82) is 0 Å². The molecule has 1 N–H and O–H groups in total. The Hall–Kier alpha value is -1.52. The van der Waals surface area contributed by atoms with Crippen molar-refractivity contribution < 1.29 is 18.0 Å². The Balaban J connectivity index is 1.92. The Kier molecular flexibility index (Phi) is 3.46. The first-order valence-corrected chi connectivity index (χ1v) is 7.32. The predicted molar refractivity (Wildman–Crippen MR) is 72.4 cm³/mol.